The molecule has 1 aromatic carbocycles. The van der Waals surface area contributed by atoms with Crippen LogP contribution in [-0.2, 0) is 20.9 Å². The van der Waals surface area contributed by atoms with Gasteiger partial charge >= 0.3 is 6.09 Å². The van der Waals surface area contributed by atoms with E-state index in [1.165, 1.54) is 0 Å². The molecule has 0 unspecified atom stereocenters. The molecule has 2 aliphatic heterocycles. The highest BCUT2D eigenvalue weighted by Gasteiger charge is 2.39. The largest absolute Gasteiger partial charge is 0.496 e. The van der Waals surface area contributed by atoms with Crippen LogP contribution >= 0.6 is 0 Å². The zero-order valence-corrected chi connectivity index (χ0v) is 19.6. The summed E-state index contributed by atoms with van der Waals surface area (Å²) in [7, 11) is 1.60. The van der Waals surface area contributed by atoms with Gasteiger partial charge in [-0.05, 0) is 52.0 Å². The molecule has 0 spiro atoms. The molecule has 2 aliphatic rings. The number of alkyl carbamates (subject to hydrolysis) is 1. The second kappa shape index (κ2) is 10.2. The highest BCUT2D eigenvalue weighted by molar-refractivity contribution is 5.91. The van der Waals surface area contributed by atoms with Gasteiger partial charge in [-0.15, -0.1) is 0 Å². The van der Waals surface area contributed by atoms with Crippen molar-refractivity contribution in [1.29, 1.82) is 0 Å². The van der Waals surface area contributed by atoms with Crippen LogP contribution in [0, 0.1) is 5.92 Å². The van der Waals surface area contributed by atoms with Crippen LogP contribution in [0.2, 0.25) is 0 Å². The van der Waals surface area contributed by atoms with Crippen LogP contribution in [0.3, 0.4) is 0 Å². The standard InChI is InChI=1S/C24H35N3O5/c1-24(2,3)32-23(30)25-14-17-8-7-13-26(15-17)22(29)19-11-12-21(28)27(19)16-18-9-5-6-10-20(18)31-4/h5-6,9-10,17,19H,7-8,11-16H2,1-4H3,(H,25,30)/t17-,19-/m0/s1. The molecule has 176 valence electrons. The first-order chi connectivity index (χ1) is 15.2. The van der Waals surface area contributed by atoms with E-state index in [1.54, 1.807) is 12.0 Å². The Hall–Kier alpha value is -2.77. The first kappa shape index (κ1) is 23.9. The first-order valence-corrected chi connectivity index (χ1v) is 11.3. The summed E-state index contributed by atoms with van der Waals surface area (Å²) < 4.78 is 10.7. The van der Waals surface area contributed by atoms with Gasteiger partial charge in [-0.25, -0.2) is 4.79 Å². The maximum Gasteiger partial charge on any atom is 0.407 e. The quantitative estimate of drug-likeness (QED) is 0.727. The van der Waals surface area contributed by atoms with Crippen molar-refractivity contribution >= 4 is 17.9 Å². The summed E-state index contributed by atoms with van der Waals surface area (Å²) in [4.78, 5) is 41.4. The van der Waals surface area contributed by atoms with E-state index in [1.807, 2.05) is 49.9 Å². The summed E-state index contributed by atoms with van der Waals surface area (Å²) in [5.74, 6) is 0.867. The molecule has 1 aromatic rings. The molecule has 0 aliphatic carbocycles. The average Bonchev–Trinajstić information content (AvgIpc) is 3.11. The van der Waals surface area contributed by atoms with Gasteiger partial charge in [0.1, 0.15) is 17.4 Å². The van der Waals surface area contributed by atoms with Gasteiger partial charge in [0.25, 0.3) is 0 Å². The van der Waals surface area contributed by atoms with Gasteiger partial charge < -0.3 is 24.6 Å². The molecular formula is C24H35N3O5. The number of rotatable bonds is 6. The molecule has 32 heavy (non-hydrogen) atoms. The minimum absolute atomic E-state index is 0.00518. The van der Waals surface area contributed by atoms with Crippen LogP contribution in [0.15, 0.2) is 24.3 Å². The lowest BCUT2D eigenvalue weighted by atomic mass is 9.97. The minimum Gasteiger partial charge on any atom is -0.496 e. The fourth-order valence-electron chi connectivity index (χ4n) is 4.39. The summed E-state index contributed by atoms with van der Waals surface area (Å²) >= 11 is 0. The summed E-state index contributed by atoms with van der Waals surface area (Å²) in [6.45, 7) is 7.55. The molecule has 2 fully saturated rings. The molecular weight excluding hydrogens is 410 g/mol. The van der Waals surface area contributed by atoms with E-state index in [0.29, 0.717) is 44.8 Å². The highest BCUT2D eigenvalue weighted by atomic mass is 16.6. The number of nitrogens with one attached hydrogen (secondary N) is 1. The number of amides is 3. The van der Waals surface area contributed by atoms with Crippen molar-refractivity contribution in [1.82, 2.24) is 15.1 Å². The van der Waals surface area contributed by atoms with Crippen LogP contribution in [0.4, 0.5) is 4.79 Å². The van der Waals surface area contributed by atoms with Gasteiger partial charge in [0, 0.05) is 31.6 Å². The highest BCUT2D eigenvalue weighted by Crippen LogP contribution is 2.28. The van der Waals surface area contributed by atoms with E-state index in [0.717, 1.165) is 18.4 Å². The Kier molecular flexibility index (Phi) is 7.64. The van der Waals surface area contributed by atoms with Crippen molar-refractivity contribution in [2.45, 2.75) is 64.6 Å². The second-order valence-corrected chi connectivity index (χ2v) is 9.56. The number of carbonyl (C=O) groups excluding carboxylic acids is 3. The molecule has 0 saturated carbocycles. The number of benzene rings is 1. The molecule has 2 atom stereocenters. The van der Waals surface area contributed by atoms with Gasteiger partial charge in [0.15, 0.2) is 0 Å². The Bertz CT molecular complexity index is 835. The number of nitrogens with zero attached hydrogens (tertiary/aromatic N) is 2. The number of hydrogen-bond donors (Lipinski definition) is 1. The number of para-hydroxylation sites is 1. The first-order valence-electron chi connectivity index (χ1n) is 11.3. The van der Waals surface area contributed by atoms with Gasteiger partial charge in [-0.1, -0.05) is 18.2 Å². The van der Waals surface area contributed by atoms with Gasteiger partial charge in [0.05, 0.1) is 13.7 Å². The van der Waals surface area contributed by atoms with E-state index in [2.05, 4.69) is 5.32 Å². The lowest BCUT2D eigenvalue weighted by Gasteiger charge is -2.36. The number of hydrogen-bond acceptors (Lipinski definition) is 5. The topological polar surface area (TPSA) is 88.2 Å². The molecule has 0 aromatic heterocycles. The van der Waals surface area contributed by atoms with Gasteiger partial charge in [-0.3, -0.25) is 9.59 Å². The molecule has 2 heterocycles. The van der Waals surface area contributed by atoms with Crippen LogP contribution in [0.1, 0.15) is 52.0 Å². The maximum atomic E-state index is 13.4. The summed E-state index contributed by atoms with van der Waals surface area (Å²) in [6, 6.07) is 7.12. The van der Waals surface area contributed by atoms with Gasteiger partial charge in [0.2, 0.25) is 11.8 Å². The van der Waals surface area contributed by atoms with E-state index >= 15 is 0 Å². The number of methoxy groups -OCH3 is 1. The second-order valence-electron chi connectivity index (χ2n) is 9.56. The zero-order valence-electron chi connectivity index (χ0n) is 19.6. The molecule has 1 N–H and O–H groups in total. The Morgan fingerprint density at radius 3 is 2.66 bits per heavy atom. The Labute approximate surface area is 190 Å². The SMILES string of the molecule is COc1ccccc1CN1C(=O)CC[C@H]1C(=O)N1CCC[C@@H](CNC(=O)OC(C)(C)C)C1. The lowest BCUT2D eigenvalue weighted by molar-refractivity contribution is -0.143. The van der Waals surface area contributed by atoms with Crippen molar-refractivity contribution in [3.8, 4) is 5.75 Å². The van der Waals surface area contributed by atoms with Crippen molar-refractivity contribution in [2.75, 3.05) is 26.7 Å². The van der Waals surface area contributed by atoms with Crippen LogP contribution in [0.5, 0.6) is 5.75 Å². The van der Waals surface area contributed by atoms with Crippen molar-refractivity contribution < 1.29 is 23.9 Å². The van der Waals surface area contributed by atoms with Crippen molar-refractivity contribution in [3.63, 3.8) is 0 Å². The molecule has 0 bridgehead atoms. The number of ether oxygens (including phenoxy) is 2. The van der Waals surface area contributed by atoms with E-state index in [-0.39, 0.29) is 17.7 Å². The zero-order chi connectivity index (χ0) is 23.3. The molecule has 0 radical (unpaired) electrons. The third-order valence-electron chi connectivity index (χ3n) is 5.91. The normalized spacial score (nSPS) is 21.4. The smallest absolute Gasteiger partial charge is 0.407 e. The molecule has 8 nitrogen and oxygen atoms in total. The summed E-state index contributed by atoms with van der Waals surface area (Å²) in [5.41, 5.74) is 0.347. The van der Waals surface area contributed by atoms with E-state index < -0.39 is 17.7 Å². The minimum atomic E-state index is -0.543. The summed E-state index contributed by atoms with van der Waals surface area (Å²) in [5, 5.41) is 2.82. The van der Waals surface area contributed by atoms with E-state index in [4.69, 9.17) is 9.47 Å². The van der Waals surface area contributed by atoms with Crippen LogP contribution < -0.4 is 10.1 Å². The Balaban J connectivity index is 1.60. The number of carbonyl (C=O) groups is 3. The monoisotopic (exact) mass is 445 g/mol. The molecule has 3 rings (SSSR count). The molecule has 8 heteroatoms. The van der Waals surface area contributed by atoms with Crippen molar-refractivity contribution in [2.24, 2.45) is 5.92 Å². The number of piperidine rings is 1. The number of likely N-dealkylation sites (tertiary alicyclic amines) is 2. The Morgan fingerprint density at radius 2 is 1.94 bits per heavy atom. The third kappa shape index (κ3) is 6.14. The third-order valence-corrected chi connectivity index (χ3v) is 5.91. The molecule has 3 amide bonds. The predicted octanol–water partition coefficient (Wildman–Crippen LogP) is 2.95. The van der Waals surface area contributed by atoms with Crippen LogP contribution in [0.25, 0.3) is 0 Å². The predicted molar refractivity (Wildman–Crippen MR) is 120 cm³/mol. The maximum absolute atomic E-state index is 13.4. The average molecular weight is 446 g/mol. The van der Waals surface area contributed by atoms with Crippen molar-refractivity contribution in [3.05, 3.63) is 29.8 Å². The summed E-state index contributed by atoms with van der Waals surface area (Å²) in [6.07, 6.45) is 2.28. The lowest BCUT2D eigenvalue weighted by Crippen LogP contribution is -2.51. The Morgan fingerprint density at radius 1 is 1.19 bits per heavy atom. The van der Waals surface area contributed by atoms with Crippen LogP contribution in [-0.4, -0.2) is 66.1 Å². The van der Waals surface area contributed by atoms with Gasteiger partial charge in [-0.2, -0.15) is 0 Å². The molecule has 2 saturated heterocycles. The fraction of sp³-hybridized carbons (Fsp3) is 0.625. The fourth-order valence-corrected chi connectivity index (χ4v) is 4.39. The van der Waals surface area contributed by atoms with E-state index in [9.17, 15) is 14.4 Å².